The Morgan fingerprint density at radius 2 is 1.71 bits per heavy atom. The standard InChI is InChI=1S/C23H44N6O.HI/c1-4-27-12-14-28(15-13-27)17-19(2)16-25-23(24-3)26-21-10-11-29(18-21)22(30)20-8-6-5-7-9-20;/h19-21H,4-18H2,1-3H3,(H2,24,25,26);1H. The van der Waals surface area contributed by atoms with Gasteiger partial charge in [-0.2, -0.15) is 0 Å². The van der Waals surface area contributed by atoms with E-state index in [4.69, 9.17) is 0 Å². The average Bonchev–Trinajstić information content (AvgIpc) is 3.25. The van der Waals surface area contributed by atoms with Crippen molar-refractivity contribution >= 4 is 35.8 Å². The number of carbonyl (C=O) groups is 1. The number of halogens is 1. The van der Waals surface area contributed by atoms with Crippen molar-refractivity contribution in [1.82, 2.24) is 25.3 Å². The lowest BCUT2D eigenvalue weighted by Crippen LogP contribution is -2.49. The molecule has 2 aliphatic heterocycles. The zero-order valence-electron chi connectivity index (χ0n) is 19.9. The molecular formula is C23H45IN6O. The molecule has 0 aromatic rings. The molecule has 2 atom stereocenters. The normalized spacial score (nSPS) is 25.2. The number of carbonyl (C=O) groups excluding carboxylic acids is 1. The molecule has 3 rings (SSSR count). The van der Waals surface area contributed by atoms with Crippen molar-refractivity contribution in [3.8, 4) is 0 Å². The van der Waals surface area contributed by atoms with E-state index in [1.165, 1.54) is 45.4 Å². The molecule has 180 valence electrons. The fraction of sp³-hybridized carbons (Fsp3) is 0.913. The van der Waals surface area contributed by atoms with Gasteiger partial charge in [-0.15, -0.1) is 24.0 Å². The molecule has 7 nitrogen and oxygen atoms in total. The Bertz CT molecular complexity index is 560. The maximum absolute atomic E-state index is 12.8. The van der Waals surface area contributed by atoms with E-state index in [0.717, 1.165) is 57.9 Å². The summed E-state index contributed by atoms with van der Waals surface area (Å²) in [6, 6.07) is 0.307. The zero-order chi connectivity index (χ0) is 21.3. The summed E-state index contributed by atoms with van der Waals surface area (Å²) in [6.45, 7) is 14.2. The van der Waals surface area contributed by atoms with Crippen molar-refractivity contribution in [2.75, 3.05) is 66.0 Å². The molecule has 8 heteroatoms. The second-order valence-electron chi connectivity index (χ2n) is 9.54. The van der Waals surface area contributed by atoms with E-state index < -0.39 is 0 Å². The number of nitrogens with zero attached hydrogens (tertiary/aromatic N) is 4. The summed E-state index contributed by atoms with van der Waals surface area (Å²) >= 11 is 0. The van der Waals surface area contributed by atoms with Crippen LogP contribution in [-0.4, -0.2) is 98.6 Å². The van der Waals surface area contributed by atoms with Gasteiger partial charge in [0.05, 0.1) is 0 Å². The highest BCUT2D eigenvalue weighted by Crippen LogP contribution is 2.26. The van der Waals surface area contributed by atoms with Crippen LogP contribution in [0.2, 0.25) is 0 Å². The highest BCUT2D eigenvalue weighted by molar-refractivity contribution is 14.0. The number of likely N-dealkylation sites (N-methyl/N-ethyl adjacent to an activating group) is 1. The number of likely N-dealkylation sites (tertiary alicyclic amines) is 1. The van der Waals surface area contributed by atoms with Crippen molar-refractivity contribution in [3.05, 3.63) is 0 Å². The summed E-state index contributed by atoms with van der Waals surface area (Å²) in [7, 11) is 1.84. The van der Waals surface area contributed by atoms with Crippen molar-refractivity contribution < 1.29 is 4.79 Å². The van der Waals surface area contributed by atoms with E-state index in [1.807, 2.05) is 7.05 Å². The Morgan fingerprint density at radius 3 is 2.35 bits per heavy atom. The molecule has 2 heterocycles. The van der Waals surface area contributed by atoms with Gasteiger partial charge in [-0.3, -0.25) is 9.79 Å². The first-order valence-corrected chi connectivity index (χ1v) is 12.3. The Balaban J connectivity index is 0.00000341. The minimum Gasteiger partial charge on any atom is -0.356 e. The van der Waals surface area contributed by atoms with Gasteiger partial charge in [0, 0.05) is 71.4 Å². The van der Waals surface area contributed by atoms with Gasteiger partial charge >= 0.3 is 0 Å². The van der Waals surface area contributed by atoms with Crippen molar-refractivity contribution in [2.45, 2.75) is 58.4 Å². The molecule has 1 amide bonds. The number of hydrogen-bond acceptors (Lipinski definition) is 4. The molecule has 2 saturated heterocycles. The van der Waals surface area contributed by atoms with Crippen LogP contribution in [0.15, 0.2) is 4.99 Å². The molecular weight excluding hydrogens is 503 g/mol. The van der Waals surface area contributed by atoms with E-state index >= 15 is 0 Å². The number of amides is 1. The van der Waals surface area contributed by atoms with Gasteiger partial charge in [0.25, 0.3) is 0 Å². The molecule has 31 heavy (non-hydrogen) atoms. The number of rotatable bonds is 7. The molecule has 1 saturated carbocycles. The van der Waals surface area contributed by atoms with Crippen LogP contribution in [-0.2, 0) is 4.79 Å². The van der Waals surface area contributed by atoms with E-state index in [9.17, 15) is 4.79 Å². The van der Waals surface area contributed by atoms with E-state index in [1.54, 1.807) is 0 Å². The zero-order valence-corrected chi connectivity index (χ0v) is 22.3. The summed E-state index contributed by atoms with van der Waals surface area (Å²) in [4.78, 5) is 24.4. The first kappa shape index (κ1) is 26.6. The quantitative estimate of drug-likeness (QED) is 0.290. The van der Waals surface area contributed by atoms with Gasteiger partial charge in [0.15, 0.2) is 5.96 Å². The second kappa shape index (κ2) is 13.8. The summed E-state index contributed by atoms with van der Waals surface area (Å²) < 4.78 is 0. The minimum absolute atomic E-state index is 0. The molecule has 0 spiro atoms. The highest BCUT2D eigenvalue weighted by Gasteiger charge is 2.31. The number of guanidine groups is 1. The monoisotopic (exact) mass is 548 g/mol. The molecule has 3 aliphatic rings. The predicted molar refractivity (Wildman–Crippen MR) is 139 cm³/mol. The van der Waals surface area contributed by atoms with E-state index in [2.05, 4.69) is 44.2 Å². The average molecular weight is 549 g/mol. The largest absolute Gasteiger partial charge is 0.356 e. The van der Waals surface area contributed by atoms with Crippen LogP contribution in [0.25, 0.3) is 0 Å². The van der Waals surface area contributed by atoms with Gasteiger partial charge in [0.2, 0.25) is 5.91 Å². The molecule has 2 unspecified atom stereocenters. The smallest absolute Gasteiger partial charge is 0.225 e. The first-order valence-electron chi connectivity index (χ1n) is 12.3. The summed E-state index contributed by atoms with van der Waals surface area (Å²) in [6.07, 6.45) is 6.91. The van der Waals surface area contributed by atoms with Gasteiger partial charge < -0.3 is 25.3 Å². The minimum atomic E-state index is 0. The van der Waals surface area contributed by atoms with E-state index in [-0.39, 0.29) is 29.9 Å². The second-order valence-corrected chi connectivity index (χ2v) is 9.54. The maximum atomic E-state index is 12.8. The molecule has 2 N–H and O–H groups in total. The molecule has 0 bridgehead atoms. The number of piperazine rings is 1. The molecule has 0 aromatic heterocycles. The van der Waals surface area contributed by atoms with Crippen molar-refractivity contribution in [2.24, 2.45) is 16.8 Å². The van der Waals surface area contributed by atoms with Crippen LogP contribution in [0, 0.1) is 11.8 Å². The van der Waals surface area contributed by atoms with Gasteiger partial charge in [0.1, 0.15) is 0 Å². The van der Waals surface area contributed by atoms with Gasteiger partial charge in [-0.25, -0.2) is 0 Å². The van der Waals surface area contributed by atoms with Crippen LogP contribution in [0.5, 0.6) is 0 Å². The predicted octanol–water partition coefficient (Wildman–Crippen LogP) is 2.22. The first-order chi connectivity index (χ1) is 14.6. The number of aliphatic imine (C=N–C) groups is 1. The molecule has 1 aliphatic carbocycles. The lowest BCUT2D eigenvalue weighted by Gasteiger charge is -2.35. The van der Waals surface area contributed by atoms with Gasteiger partial charge in [-0.1, -0.05) is 33.1 Å². The number of nitrogens with one attached hydrogen (secondary N) is 2. The number of hydrogen-bond donors (Lipinski definition) is 2. The van der Waals surface area contributed by atoms with Crippen molar-refractivity contribution in [3.63, 3.8) is 0 Å². The van der Waals surface area contributed by atoms with Crippen LogP contribution in [0.3, 0.4) is 0 Å². The lowest BCUT2D eigenvalue weighted by atomic mass is 9.88. The highest BCUT2D eigenvalue weighted by atomic mass is 127. The Labute approximate surface area is 206 Å². The Kier molecular flexibility index (Phi) is 11.9. The summed E-state index contributed by atoms with van der Waals surface area (Å²) in [5, 5.41) is 7.06. The molecule has 0 radical (unpaired) electrons. The third kappa shape index (κ3) is 8.35. The van der Waals surface area contributed by atoms with Crippen LogP contribution < -0.4 is 10.6 Å². The molecule has 0 aromatic carbocycles. The Morgan fingerprint density at radius 1 is 1.03 bits per heavy atom. The maximum Gasteiger partial charge on any atom is 0.225 e. The SMILES string of the molecule is CCN1CCN(CC(C)CNC(=NC)NC2CCN(C(=O)C3CCCCC3)C2)CC1.I. The third-order valence-electron chi connectivity index (χ3n) is 7.12. The van der Waals surface area contributed by atoms with E-state index in [0.29, 0.717) is 17.9 Å². The van der Waals surface area contributed by atoms with Crippen molar-refractivity contribution in [1.29, 1.82) is 0 Å². The third-order valence-corrected chi connectivity index (χ3v) is 7.12. The summed E-state index contributed by atoms with van der Waals surface area (Å²) in [5.74, 6) is 2.10. The van der Waals surface area contributed by atoms with Crippen LogP contribution in [0.4, 0.5) is 0 Å². The molecule has 3 fully saturated rings. The summed E-state index contributed by atoms with van der Waals surface area (Å²) in [5.41, 5.74) is 0. The fourth-order valence-corrected chi connectivity index (χ4v) is 5.14. The van der Waals surface area contributed by atoms with Crippen LogP contribution in [0.1, 0.15) is 52.4 Å². The topological polar surface area (TPSA) is 63.2 Å². The van der Waals surface area contributed by atoms with Crippen LogP contribution >= 0.6 is 24.0 Å². The fourth-order valence-electron chi connectivity index (χ4n) is 5.14. The lowest BCUT2D eigenvalue weighted by molar-refractivity contribution is -0.135. The Hall–Kier alpha value is -0.610. The van der Waals surface area contributed by atoms with Gasteiger partial charge in [-0.05, 0) is 31.7 Å².